The van der Waals surface area contributed by atoms with Gasteiger partial charge in [-0.1, -0.05) is 18.2 Å². The molecule has 0 saturated carbocycles. The monoisotopic (exact) mass is 297 g/mol. The number of pyridine rings is 1. The average Bonchev–Trinajstić information content (AvgIpc) is 2.56. The summed E-state index contributed by atoms with van der Waals surface area (Å²) in [6, 6.07) is 10.0. The summed E-state index contributed by atoms with van der Waals surface area (Å²) in [5.41, 5.74) is 3.50. The van der Waals surface area contributed by atoms with Gasteiger partial charge >= 0.3 is 0 Å². The van der Waals surface area contributed by atoms with Crippen LogP contribution in [0.3, 0.4) is 0 Å². The van der Waals surface area contributed by atoms with Crippen molar-refractivity contribution in [3.63, 3.8) is 0 Å². The van der Waals surface area contributed by atoms with E-state index in [4.69, 9.17) is 4.74 Å². The molecule has 2 rings (SSSR count). The normalized spacial score (nSPS) is 11.0. The lowest BCUT2D eigenvalue weighted by Crippen LogP contribution is -2.18. The quantitative estimate of drug-likeness (QED) is 0.654. The number of hydrogen-bond acceptors (Lipinski definition) is 5. The first-order valence-corrected chi connectivity index (χ1v) is 6.49. The van der Waals surface area contributed by atoms with Crippen LogP contribution in [0.4, 0.5) is 0 Å². The second-order valence-electron chi connectivity index (χ2n) is 4.22. The van der Waals surface area contributed by atoms with Crippen molar-refractivity contribution in [3.8, 4) is 11.5 Å². The van der Waals surface area contributed by atoms with E-state index in [-0.39, 0.29) is 11.7 Å². The van der Waals surface area contributed by atoms with Crippen molar-refractivity contribution in [1.29, 1.82) is 0 Å². The van der Waals surface area contributed by atoms with E-state index in [0.717, 1.165) is 5.56 Å². The molecular weight excluding hydrogens is 282 g/mol. The van der Waals surface area contributed by atoms with Gasteiger partial charge in [0.25, 0.3) is 5.91 Å². The lowest BCUT2D eigenvalue weighted by atomic mass is 10.2. The Morgan fingerprint density at radius 1 is 1.36 bits per heavy atom. The van der Waals surface area contributed by atoms with Gasteiger partial charge in [-0.05, 0) is 35.9 Å². The highest BCUT2D eigenvalue weighted by Gasteiger charge is 2.03. The number of benzene rings is 1. The summed E-state index contributed by atoms with van der Waals surface area (Å²) < 4.78 is 5.01. The van der Waals surface area contributed by atoms with Gasteiger partial charge in [-0.3, -0.25) is 9.78 Å². The third-order valence-electron chi connectivity index (χ3n) is 2.72. The maximum absolute atomic E-state index is 11.6. The first kappa shape index (κ1) is 15.2. The van der Waals surface area contributed by atoms with Crippen molar-refractivity contribution in [2.45, 2.75) is 0 Å². The summed E-state index contributed by atoms with van der Waals surface area (Å²) >= 11 is 0. The molecule has 0 unspecified atom stereocenters. The van der Waals surface area contributed by atoms with Crippen LogP contribution in [0.15, 0.2) is 53.8 Å². The Kier molecular flexibility index (Phi) is 5.25. The van der Waals surface area contributed by atoms with Gasteiger partial charge in [-0.25, -0.2) is 5.43 Å². The number of hydrazone groups is 1. The molecule has 0 aliphatic heterocycles. The number of nitrogens with one attached hydrogen (secondary N) is 1. The molecule has 0 bridgehead atoms. The molecule has 1 heterocycles. The van der Waals surface area contributed by atoms with E-state index < -0.39 is 0 Å². The van der Waals surface area contributed by atoms with E-state index in [1.54, 1.807) is 48.6 Å². The van der Waals surface area contributed by atoms with E-state index in [1.165, 1.54) is 19.5 Å². The van der Waals surface area contributed by atoms with E-state index in [2.05, 4.69) is 15.5 Å². The van der Waals surface area contributed by atoms with Crippen LogP contribution >= 0.6 is 0 Å². The summed E-state index contributed by atoms with van der Waals surface area (Å²) in [6.07, 6.45) is 6.40. The van der Waals surface area contributed by atoms with Crippen LogP contribution in [-0.2, 0) is 0 Å². The van der Waals surface area contributed by atoms with Crippen LogP contribution in [-0.4, -0.2) is 29.3 Å². The third-order valence-corrected chi connectivity index (χ3v) is 2.72. The van der Waals surface area contributed by atoms with Crippen LogP contribution in [0.5, 0.6) is 11.5 Å². The molecule has 0 atom stereocenters. The fourth-order valence-corrected chi connectivity index (χ4v) is 1.65. The van der Waals surface area contributed by atoms with Gasteiger partial charge in [0, 0.05) is 12.4 Å². The van der Waals surface area contributed by atoms with Crippen LogP contribution in [0.2, 0.25) is 0 Å². The van der Waals surface area contributed by atoms with E-state index >= 15 is 0 Å². The molecule has 2 aromatic rings. The number of phenols is 1. The second kappa shape index (κ2) is 7.58. The summed E-state index contributed by atoms with van der Waals surface area (Å²) in [5.74, 6) is 0.0926. The minimum atomic E-state index is -0.378. The smallest absolute Gasteiger partial charge is 0.289 e. The summed E-state index contributed by atoms with van der Waals surface area (Å²) in [7, 11) is 1.48. The highest BCUT2D eigenvalue weighted by atomic mass is 16.5. The Bertz CT molecular complexity index is 697. The molecule has 6 heteroatoms. The Labute approximate surface area is 127 Å². The number of rotatable bonds is 5. The molecule has 1 aromatic heterocycles. The van der Waals surface area contributed by atoms with Gasteiger partial charge in [0.2, 0.25) is 0 Å². The Morgan fingerprint density at radius 3 is 2.95 bits per heavy atom. The molecule has 0 aliphatic carbocycles. The van der Waals surface area contributed by atoms with Crippen molar-refractivity contribution >= 4 is 18.2 Å². The fourth-order valence-electron chi connectivity index (χ4n) is 1.65. The SMILES string of the molecule is COc1cc(/C=C/C=N/NC(=O)c2ccccn2)ccc1O. The van der Waals surface area contributed by atoms with Gasteiger partial charge in [0.1, 0.15) is 5.69 Å². The van der Waals surface area contributed by atoms with Crippen LogP contribution in [0.25, 0.3) is 6.08 Å². The standard InChI is InChI=1S/C16H15N3O3/c1-22-15-11-12(7-8-14(15)20)5-4-10-18-19-16(21)13-6-2-3-9-17-13/h2-11,20H,1H3,(H,19,21)/b5-4+,18-10+. The lowest BCUT2D eigenvalue weighted by molar-refractivity contribution is 0.0950. The van der Waals surface area contributed by atoms with Gasteiger partial charge in [-0.2, -0.15) is 5.10 Å². The minimum Gasteiger partial charge on any atom is -0.504 e. The molecule has 112 valence electrons. The largest absolute Gasteiger partial charge is 0.504 e. The topological polar surface area (TPSA) is 83.8 Å². The van der Waals surface area contributed by atoms with Crippen molar-refractivity contribution in [2.75, 3.05) is 7.11 Å². The molecule has 6 nitrogen and oxygen atoms in total. The summed E-state index contributed by atoms with van der Waals surface area (Å²) in [6.45, 7) is 0. The number of carbonyl (C=O) groups is 1. The van der Waals surface area contributed by atoms with Gasteiger partial charge < -0.3 is 9.84 Å². The maximum Gasteiger partial charge on any atom is 0.289 e. The predicted molar refractivity (Wildman–Crippen MR) is 83.9 cm³/mol. The number of aromatic nitrogens is 1. The van der Waals surface area contributed by atoms with Crippen molar-refractivity contribution < 1.29 is 14.6 Å². The molecule has 0 radical (unpaired) electrons. The minimum absolute atomic E-state index is 0.0796. The first-order valence-electron chi connectivity index (χ1n) is 6.49. The zero-order valence-electron chi connectivity index (χ0n) is 11.9. The number of phenolic OH excluding ortho intramolecular Hbond substituents is 1. The third kappa shape index (κ3) is 4.17. The zero-order valence-corrected chi connectivity index (χ0v) is 11.9. The summed E-state index contributed by atoms with van der Waals surface area (Å²) in [5, 5.41) is 13.3. The van der Waals surface area contributed by atoms with E-state index in [0.29, 0.717) is 11.4 Å². The predicted octanol–water partition coefficient (Wildman–Crippen LogP) is 2.22. The zero-order chi connectivity index (χ0) is 15.8. The first-order chi connectivity index (χ1) is 10.7. The molecular formula is C16H15N3O3. The number of amides is 1. The molecule has 0 saturated heterocycles. The number of aromatic hydroxyl groups is 1. The van der Waals surface area contributed by atoms with Gasteiger partial charge in [-0.15, -0.1) is 0 Å². The fraction of sp³-hybridized carbons (Fsp3) is 0.0625. The molecule has 1 aromatic carbocycles. The summed E-state index contributed by atoms with van der Waals surface area (Å²) in [4.78, 5) is 15.6. The Hall–Kier alpha value is -3.15. The lowest BCUT2D eigenvalue weighted by Gasteiger charge is -2.03. The molecule has 0 aliphatic rings. The van der Waals surface area contributed by atoms with Crippen LogP contribution in [0, 0.1) is 0 Å². The van der Waals surface area contributed by atoms with Gasteiger partial charge in [0.05, 0.1) is 7.11 Å². The number of hydrogen-bond donors (Lipinski definition) is 2. The van der Waals surface area contributed by atoms with Gasteiger partial charge in [0.15, 0.2) is 11.5 Å². The average molecular weight is 297 g/mol. The molecule has 0 spiro atoms. The Balaban J connectivity index is 1.91. The highest BCUT2D eigenvalue weighted by Crippen LogP contribution is 2.26. The highest BCUT2D eigenvalue weighted by molar-refractivity contribution is 5.92. The van der Waals surface area contributed by atoms with Crippen LogP contribution < -0.4 is 10.2 Å². The van der Waals surface area contributed by atoms with Crippen molar-refractivity contribution in [2.24, 2.45) is 5.10 Å². The molecule has 2 N–H and O–H groups in total. The van der Waals surface area contributed by atoms with Crippen LogP contribution in [0.1, 0.15) is 16.1 Å². The Morgan fingerprint density at radius 2 is 2.23 bits per heavy atom. The van der Waals surface area contributed by atoms with Crippen molar-refractivity contribution in [1.82, 2.24) is 10.4 Å². The van der Waals surface area contributed by atoms with E-state index in [9.17, 15) is 9.90 Å². The number of ether oxygens (including phenoxy) is 1. The second-order valence-corrected chi connectivity index (χ2v) is 4.22. The molecule has 0 fully saturated rings. The van der Waals surface area contributed by atoms with E-state index in [1.807, 2.05) is 0 Å². The maximum atomic E-state index is 11.6. The number of methoxy groups -OCH3 is 1. The number of allylic oxidation sites excluding steroid dienone is 1. The number of nitrogens with zero attached hydrogens (tertiary/aromatic N) is 2. The number of carbonyl (C=O) groups excluding carboxylic acids is 1. The van der Waals surface area contributed by atoms with Crippen molar-refractivity contribution in [3.05, 3.63) is 59.9 Å². The molecule has 1 amide bonds. The molecule has 22 heavy (non-hydrogen) atoms.